The summed E-state index contributed by atoms with van der Waals surface area (Å²) in [5.41, 5.74) is 1.49. The van der Waals surface area contributed by atoms with Gasteiger partial charge >= 0.3 is 5.97 Å². The van der Waals surface area contributed by atoms with Crippen LogP contribution in [0.3, 0.4) is 0 Å². The van der Waals surface area contributed by atoms with Crippen molar-refractivity contribution in [3.63, 3.8) is 0 Å². The number of ether oxygens (including phenoxy) is 2. The number of rotatable bonds is 6. The van der Waals surface area contributed by atoms with Gasteiger partial charge < -0.3 is 9.47 Å². The summed E-state index contributed by atoms with van der Waals surface area (Å²) in [7, 11) is 1.64. The lowest BCUT2D eigenvalue weighted by molar-refractivity contribution is -0.156. The molecule has 1 saturated carbocycles. The summed E-state index contributed by atoms with van der Waals surface area (Å²) in [5, 5.41) is 0. The van der Waals surface area contributed by atoms with Gasteiger partial charge in [0.15, 0.2) is 0 Å². The van der Waals surface area contributed by atoms with Gasteiger partial charge in [-0.15, -0.1) is 0 Å². The van der Waals surface area contributed by atoms with E-state index in [-0.39, 0.29) is 17.3 Å². The molecule has 2 rings (SSSR count). The molecule has 1 aromatic rings. The second-order valence-electron chi connectivity index (χ2n) is 6.91. The molecule has 2 atom stereocenters. The van der Waals surface area contributed by atoms with Crippen LogP contribution in [0.2, 0.25) is 0 Å². The van der Waals surface area contributed by atoms with Gasteiger partial charge in [-0.2, -0.15) is 0 Å². The Morgan fingerprint density at radius 1 is 1.23 bits per heavy atom. The maximum atomic E-state index is 12.8. The van der Waals surface area contributed by atoms with Gasteiger partial charge in [-0.25, -0.2) is 0 Å². The maximum absolute atomic E-state index is 12.8. The van der Waals surface area contributed by atoms with Gasteiger partial charge in [0, 0.05) is 13.0 Å². The molecule has 3 heteroatoms. The fourth-order valence-corrected chi connectivity index (χ4v) is 3.38. The van der Waals surface area contributed by atoms with Gasteiger partial charge in [0.2, 0.25) is 0 Å². The number of esters is 1. The van der Waals surface area contributed by atoms with E-state index < -0.39 is 5.41 Å². The zero-order valence-electron chi connectivity index (χ0n) is 14.2. The first-order chi connectivity index (χ1) is 10.4. The summed E-state index contributed by atoms with van der Waals surface area (Å²) in [6.45, 7) is 9.03. The first-order valence-corrected chi connectivity index (χ1v) is 7.71. The molecule has 0 aliphatic heterocycles. The molecule has 3 nitrogen and oxygen atoms in total. The molecule has 0 amide bonds. The number of carbonyl (C=O) groups is 1. The molecule has 0 spiro atoms. The number of benzene rings is 1. The van der Waals surface area contributed by atoms with Crippen molar-refractivity contribution in [1.29, 1.82) is 0 Å². The van der Waals surface area contributed by atoms with Crippen LogP contribution in [0.1, 0.15) is 33.3 Å². The number of hydrogen-bond donors (Lipinski definition) is 0. The Bertz CT molecular complexity index is 555. The van der Waals surface area contributed by atoms with Crippen LogP contribution >= 0.6 is 0 Å². The van der Waals surface area contributed by atoms with Crippen molar-refractivity contribution in [2.24, 2.45) is 16.7 Å². The van der Waals surface area contributed by atoms with Crippen molar-refractivity contribution in [3.8, 4) is 0 Å². The molecule has 0 radical (unpaired) electrons. The standard InChI is InChI=1S/C19H26O3/c1-14(2)11-16-18(3,4)19(16,13-21-5)17(20)22-12-15-9-7-6-8-10-15/h6-11,16H,12-13H2,1-5H3. The van der Waals surface area contributed by atoms with E-state index in [4.69, 9.17) is 9.47 Å². The van der Waals surface area contributed by atoms with Crippen LogP contribution in [0.25, 0.3) is 0 Å². The van der Waals surface area contributed by atoms with Crippen LogP contribution in [-0.4, -0.2) is 19.7 Å². The van der Waals surface area contributed by atoms with E-state index in [9.17, 15) is 4.79 Å². The van der Waals surface area contributed by atoms with Crippen molar-refractivity contribution in [1.82, 2.24) is 0 Å². The quantitative estimate of drug-likeness (QED) is 0.589. The summed E-state index contributed by atoms with van der Waals surface area (Å²) in [5.74, 6) is -0.000994. The lowest BCUT2D eigenvalue weighted by Gasteiger charge is -2.18. The van der Waals surface area contributed by atoms with Gasteiger partial charge in [0.1, 0.15) is 12.0 Å². The molecular weight excluding hydrogens is 276 g/mol. The highest BCUT2D eigenvalue weighted by molar-refractivity contribution is 5.83. The average molecular weight is 302 g/mol. The molecular formula is C19H26O3. The Balaban J connectivity index is 2.14. The zero-order chi connectivity index (χ0) is 16.4. The van der Waals surface area contributed by atoms with Crippen LogP contribution in [0.5, 0.6) is 0 Å². The fourth-order valence-electron chi connectivity index (χ4n) is 3.38. The molecule has 2 unspecified atom stereocenters. The molecule has 0 aromatic heterocycles. The van der Waals surface area contributed by atoms with Crippen molar-refractivity contribution in [3.05, 3.63) is 47.5 Å². The second kappa shape index (κ2) is 6.25. The summed E-state index contributed by atoms with van der Waals surface area (Å²) in [6.07, 6.45) is 2.17. The van der Waals surface area contributed by atoms with E-state index in [1.54, 1.807) is 7.11 Å². The topological polar surface area (TPSA) is 35.5 Å². The molecule has 1 aliphatic carbocycles. The Labute approximate surface area is 133 Å². The van der Waals surface area contributed by atoms with Crippen molar-refractivity contribution in [2.75, 3.05) is 13.7 Å². The average Bonchev–Trinajstić information content (AvgIpc) is 2.93. The largest absolute Gasteiger partial charge is 0.460 e. The molecule has 1 fully saturated rings. The predicted molar refractivity (Wildman–Crippen MR) is 87.2 cm³/mol. The smallest absolute Gasteiger partial charge is 0.315 e. The van der Waals surface area contributed by atoms with E-state index in [2.05, 4.69) is 33.8 Å². The normalized spacial score (nSPS) is 25.4. The Morgan fingerprint density at radius 3 is 2.41 bits per heavy atom. The van der Waals surface area contributed by atoms with Gasteiger partial charge in [-0.3, -0.25) is 4.79 Å². The Hall–Kier alpha value is -1.61. The van der Waals surface area contributed by atoms with Crippen LogP contribution in [0, 0.1) is 16.7 Å². The molecule has 1 aromatic carbocycles. The monoisotopic (exact) mass is 302 g/mol. The minimum atomic E-state index is -0.576. The number of allylic oxidation sites excluding steroid dienone is 2. The first kappa shape index (κ1) is 16.8. The minimum Gasteiger partial charge on any atom is -0.460 e. The third-order valence-electron chi connectivity index (χ3n) is 4.82. The molecule has 0 N–H and O–H groups in total. The van der Waals surface area contributed by atoms with Gasteiger partial charge in [0.05, 0.1) is 6.61 Å². The number of carbonyl (C=O) groups excluding carboxylic acids is 1. The maximum Gasteiger partial charge on any atom is 0.315 e. The highest BCUT2D eigenvalue weighted by Gasteiger charge is 2.75. The van der Waals surface area contributed by atoms with Gasteiger partial charge in [0.25, 0.3) is 0 Å². The lowest BCUT2D eigenvalue weighted by atomic mass is 9.97. The van der Waals surface area contributed by atoms with Gasteiger partial charge in [-0.1, -0.05) is 55.8 Å². The number of methoxy groups -OCH3 is 1. The molecule has 0 bridgehead atoms. The van der Waals surface area contributed by atoms with Crippen LogP contribution in [0.4, 0.5) is 0 Å². The summed E-state index contributed by atoms with van der Waals surface area (Å²) >= 11 is 0. The highest BCUT2D eigenvalue weighted by Crippen LogP contribution is 2.70. The van der Waals surface area contributed by atoms with Crippen LogP contribution in [0.15, 0.2) is 42.0 Å². The van der Waals surface area contributed by atoms with Gasteiger partial charge in [-0.05, 0) is 24.8 Å². The second-order valence-corrected chi connectivity index (χ2v) is 6.91. The van der Waals surface area contributed by atoms with Crippen molar-refractivity contribution in [2.45, 2.75) is 34.3 Å². The Morgan fingerprint density at radius 2 is 1.86 bits per heavy atom. The van der Waals surface area contributed by atoms with Crippen LogP contribution < -0.4 is 0 Å². The molecule has 0 saturated heterocycles. The van der Waals surface area contributed by atoms with E-state index in [1.165, 1.54) is 5.57 Å². The highest BCUT2D eigenvalue weighted by atomic mass is 16.5. The summed E-state index contributed by atoms with van der Waals surface area (Å²) < 4.78 is 11.0. The molecule has 120 valence electrons. The molecule has 22 heavy (non-hydrogen) atoms. The first-order valence-electron chi connectivity index (χ1n) is 7.71. The summed E-state index contributed by atoms with van der Waals surface area (Å²) in [6, 6.07) is 9.76. The fraction of sp³-hybridized carbons (Fsp3) is 0.526. The predicted octanol–water partition coefficient (Wildman–Crippen LogP) is 3.98. The SMILES string of the molecule is COCC1(C(=O)OCc2ccccc2)C(C=C(C)C)C1(C)C. The third kappa shape index (κ3) is 2.82. The van der Waals surface area contributed by atoms with Crippen molar-refractivity contribution < 1.29 is 14.3 Å². The van der Waals surface area contributed by atoms with E-state index in [0.29, 0.717) is 13.2 Å². The minimum absolute atomic E-state index is 0.145. The third-order valence-corrected chi connectivity index (χ3v) is 4.82. The lowest BCUT2D eigenvalue weighted by Crippen LogP contribution is -2.29. The number of hydrogen-bond acceptors (Lipinski definition) is 3. The van der Waals surface area contributed by atoms with E-state index in [1.807, 2.05) is 30.3 Å². The Kier molecular flexibility index (Phi) is 4.76. The molecule has 1 aliphatic rings. The van der Waals surface area contributed by atoms with Crippen molar-refractivity contribution >= 4 is 5.97 Å². The zero-order valence-corrected chi connectivity index (χ0v) is 14.2. The van der Waals surface area contributed by atoms with E-state index >= 15 is 0 Å². The summed E-state index contributed by atoms with van der Waals surface area (Å²) in [4.78, 5) is 12.8. The van der Waals surface area contributed by atoms with Crippen LogP contribution in [-0.2, 0) is 20.9 Å². The molecule has 0 heterocycles. The van der Waals surface area contributed by atoms with E-state index in [0.717, 1.165) is 5.56 Å².